The highest BCUT2D eigenvalue weighted by atomic mass is 32.1. The predicted octanol–water partition coefficient (Wildman–Crippen LogP) is 1.83. The summed E-state index contributed by atoms with van der Waals surface area (Å²) in [6.45, 7) is 5.28. The van der Waals surface area contributed by atoms with Crippen LogP contribution in [-0.4, -0.2) is 24.0 Å². The van der Waals surface area contributed by atoms with Gasteiger partial charge in [0.05, 0.1) is 12.8 Å². The molecule has 1 heterocycles. The van der Waals surface area contributed by atoms with Crippen molar-refractivity contribution in [2.24, 2.45) is 5.92 Å². The molecule has 5 nitrogen and oxygen atoms in total. The molecule has 6 heteroatoms. The van der Waals surface area contributed by atoms with Crippen LogP contribution in [0.1, 0.15) is 29.2 Å². The van der Waals surface area contributed by atoms with Crippen molar-refractivity contribution in [3.63, 3.8) is 0 Å². The van der Waals surface area contributed by atoms with Crippen LogP contribution in [0.25, 0.3) is 0 Å². The molecule has 1 aromatic heterocycles. The normalized spacial score (nSPS) is 10.3. The largest absolute Gasteiger partial charge is 0.465 e. The van der Waals surface area contributed by atoms with E-state index in [9.17, 15) is 9.59 Å². The average Bonchev–Trinajstić information content (AvgIpc) is 2.58. The summed E-state index contributed by atoms with van der Waals surface area (Å²) >= 11 is 1.12. The molecule has 88 valence electrons. The third-order valence-corrected chi connectivity index (χ3v) is 2.97. The van der Waals surface area contributed by atoms with Gasteiger partial charge in [0, 0.05) is 5.92 Å². The van der Waals surface area contributed by atoms with Crippen LogP contribution in [-0.2, 0) is 9.53 Å². The van der Waals surface area contributed by atoms with E-state index >= 15 is 0 Å². The first kappa shape index (κ1) is 12.6. The number of hydrogen-bond donors (Lipinski definition) is 1. The molecule has 0 fully saturated rings. The molecular weight excluding hydrogens is 228 g/mol. The van der Waals surface area contributed by atoms with Crippen molar-refractivity contribution in [1.29, 1.82) is 0 Å². The van der Waals surface area contributed by atoms with Crippen LogP contribution in [0.5, 0.6) is 0 Å². The Labute approximate surface area is 97.8 Å². The van der Waals surface area contributed by atoms with E-state index in [4.69, 9.17) is 0 Å². The first-order valence-electron chi connectivity index (χ1n) is 4.82. The molecule has 1 aromatic rings. The predicted molar refractivity (Wildman–Crippen MR) is 61.7 cm³/mol. The SMILES string of the molecule is COC(=O)c1sc(NC(=O)C(C)C)nc1C. The second-order valence-corrected chi connectivity index (χ2v) is 4.57. The number of aryl methyl sites for hydroxylation is 1. The molecule has 1 rings (SSSR count). The van der Waals surface area contributed by atoms with Crippen molar-refractivity contribution in [3.05, 3.63) is 10.6 Å². The van der Waals surface area contributed by atoms with Crippen molar-refractivity contribution >= 4 is 28.3 Å². The fourth-order valence-electron chi connectivity index (χ4n) is 0.982. The fourth-order valence-corrected chi connectivity index (χ4v) is 1.87. The number of carbonyl (C=O) groups is 2. The number of carbonyl (C=O) groups excluding carboxylic acids is 2. The average molecular weight is 242 g/mol. The van der Waals surface area contributed by atoms with Crippen molar-refractivity contribution in [2.75, 3.05) is 12.4 Å². The van der Waals surface area contributed by atoms with Crippen LogP contribution >= 0.6 is 11.3 Å². The molecule has 0 saturated heterocycles. The van der Waals surface area contributed by atoms with Crippen LogP contribution in [0, 0.1) is 12.8 Å². The van der Waals surface area contributed by atoms with E-state index in [0.29, 0.717) is 15.7 Å². The minimum absolute atomic E-state index is 0.120. The zero-order valence-corrected chi connectivity index (χ0v) is 10.5. The van der Waals surface area contributed by atoms with Crippen LogP contribution in [0.4, 0.5) is 5.13 Å². The summed E-state index contributed by atoms with van der Waals surface area (Å²) in [5.41, 5.74) is 0.566. The third-order valence-electron chi connectivity index (χ3n) is 1.92. The van der Waals surface area contributed by atoms with Crippen LogP contribution in [0.3, 0.4) is 0 Å². The molecule has 1 amide bonds. The lowest BCUT2D eigenvalue weighted by Gasteiger charge is -2.02. The van der Waals surface area contributed by atoms with Gasteiger partial charge >= 0.3 is 5.97 Å². The molecule has 0 atom stereocenters. The zero-order valence-electron chi connectivity index (χ0n) is 9.66. The maximum absolute atomic E-state index is 11.4. The Kier molecular flexibility index (Phi) is 4.00. The molecular formula is C10H14N2O3S. The van der Waals surface area contributed by atoms with Crippen LogP contribution in [0.2, 0.25) is 0 Å². The second kappa shape index (κ2) is 5.07. The van der Waals surface area contributed by atoms with Crippen molar-refractivity contribution in [2.45, 2.75) is 20.8 Å². The molecule has 1 N–H and O–H groups in total. The highest BCUT2D eigenvalue weighted by Gasteiger charge is 2.17. The highest BCUT2D eigenvalue weighted by Crippen LogP contribution is 2.23. The number of rotatable bonds is 3. The van der Waals surface area contributed by atoms with E-state index in [2.05, 4.69) is 15.0 Å². The standard InChI is InChI=1S/C10H14N2O3S/c1-5(2)8(13)12-10-11-6(3)7(16-10)9(14)15-4/h5H,1-4H3,(H,11,12,13). The Morgan fingerprint density at radius 2 is 2.06 bits per heavy atom. The Morgan fingerprint density at radius 3 is 2.56 bits per heavy atom. The second-order valence-electron chi connectivity index (χ2n) is 3.57. The Morgan fingerprint density at radius 1 is 1.44 bits per heavy atom. The topological polar surface area (TPSA) is 68.3 Å². The summed E-state index contributed by atoms with van der Waals surface area (Å²) < 4.78 is 4.60. The lowest BCUT2D eigenvalue weighted by molar-refractivity contribution is -0.118. The number of nitrogens with one attached hydrogen (secondary N) is 1. The lowest BCUT2D eigenvalue weighted by Crippen LogP contribution is -2.17. The van der Waals surface area contributed by atoms with Crippen LogP contribution < -0.4 is 5.32 Å². The number of esters is 1. The van der Waals surface area contributed by atoms with E-state index in [0.717, 1.165) is 11.3 Å². The maximum Gasteiger partial charge on any atom is 0.350 e. The number of thiazole rings is 1. The van der Waals surface area contributed by atoms with Crippen molar-refractivity contribution in [3.8, 4) is 0 Å². The summed E-state index contributed by atoms with van der Waals surface area (Å²) in [5.74, 6) is -0.670. The fraction of sp³-hybridized carbons (Fsp3) is 0.500. The van der Waals surface area contributed by atoms with Gasteiger partial charge in [0.15, 0.2) is 5.13 Å². The van der Waals surface area contributed by atoms with Gasteiger partial charge < -0.3 is 10.1 Å². The van der Waals surface area contributed by atoms with Crippen LogP contribution in [0.15, 0.2) is 0 Å². The smallest absolute Gasteiger partial charge is 0.350 e. The summed E-state index contributed by atoms with van der Waals surface area (Å²) in [7, 11) is 1.31. The van der Waals surface area contributed by atoms with E-state index in [1.54, 1.807) is 20.8 Å². The Balaban J connectivity index is 2.85. The van der Waals surface area contributed by atoms with Gasteiger partial charge in [-0.25, -0.2) is 9.78 Å². The van der Waals surface area contributed by atoms with Gasteiger partial charge in [0.2, 0.25) is 5.91 Å². The Hall–Kier alpha value is -1.43. The van der Waals surface area contributed by atoms with Gasteiger partial charge in [0.1, 0.15) is 4.88 Å². The third kappa shape index (κ3) is 2.79. The minimum Gasteiger partial charge on any atom is -0.465 e. The Bertz CT molecular complexity index is 412. The van der Waals surface area contributed by atoms with Gasteiger partial charge in [-0.3, -0.25) is 4.79 Å². The summed E-state index contributed by atoms with van der Waals surface area (Å²) in [5, 5.41) is 3.07. The number of ether oxygens (including phenoxy) is 1. The number of hydrogen-bond acceptors (Lipinski definition) is 5. The molecule has 0 aliphatic rings. The van der Waals surface area contributed by atoms with E-state index < -0.39 is 5.97 Å². The number of methoxy groups -OCH3 is 1. The molecule has 0 radical (unpaired) electrons. The van der Waals surface area contributed by atoms with Gasteiger partial charge in [0.25, 0.3) is 0 Å². The van der Waals surface area contributed by atoms with E-state index in [-0.39, 0.29) is 11.8 Å². The summed E-state index contributed by atoms with van der Waals surface area (Å²) in [6.07, 6.45) is 0. The molecule has 0 unspecified atom stereocenters. The van der Waals surface area contributed by atoms with Gasteiger partial charge in [-0.15, -0.1) is 0 Å². The first-order valence-corrected chi connectivity index (χ1v) is 5.64. The molecule has 0 aliphatic carbocycles. The molecule has 0 saturated carbocycles. The van der Waals surface area contributed by atoms with Gasteiger partial charge in [-0.05, 0) is 6.92 Å². The van der Waals surface area contributed by atoms with Gasteiger partial charge in [-0.2, -0.15) is 0 Å². The number of anilines is 1. The number of amides is 1. The molecule has 0 aliphatic heterocycles. The molecule has 16 heavy (non-hydrogen) atoms. The lowest BCUT2D eigenvalue weighted by atomic mass is 10.2. The van der Waals surface area contributed by atoms with E-state index in [1.807, 2.05) is 0 Å². The molecule has 0 bridgehead atoms. The van der Waals surface area contributed by atoms with Crippen molar-refractivity contribution in [1.82, 2.24) is 4.98 Å². The summed E-state index contributed by atoms with van der Waals surface area (Å²) in [6, 6.07) is 0. The quantitative estimate of drug-likeness (QED) is 0.821. The maximum atomic E-state index is 11.4. The highest BCUT2D eigenvalue weighted by molar-refractivity contribution is 7.17. The molecule has 0 aromatic carbocycles. The number of aromatic nitrogens is 1. The monoisotopic (exact) mass is 242 g/mol. The summed E-state index contributed by atoms with van der Waals surface area (Å²) in [4.78, 5) is 27.2. The minimum atomic E-state index is -0.431. The van der Waals surface area contributed by atoms with Gasteiger partial charge in [-0.1, -0.05) is 25.2 Å². The molecule has 0 spiro atoms. The first-order chi connectivity index (χ1) is 7.45. The number of nitrogens with zero attached hydrogens (tertiary/aromatic N) is 1. The zero-order chi connectivity index (χ0) is 12.3. The van der Waals surface area contributed by atoms with E-state index in [1.165, 1.54) is 7.11 Å². The van der Waals surface area contributed by atoms with Crippen molar-refractivity contribution < 1.29 is 14.3 Å².